The van der Waals surface area contributed by atoms with Crippen LogP contribution in [0, 0.1) is 11.8 Å². The van der Waals surface area contributed by atoms with Crippen molar-refractivity contribution in [2.45, 2.75) is 83.8 Å². The highest BCUT2D eigenvalue weighted by Gasteiger charge is 2.37. The molecule has 1 aromatic carbocycles. The lowest BCUT2D eigenvalue weighted by Crippen LogP contribution is -2.51. The first-order valence-electron chi connectivity index (χ1n) is 15.9. The summed E-state index contributed by atoms with van der Waals surface area (Å²) in [7, 11) is 0. The first-order chi connectivity index (χ1) is 21.3. The van der Waals surface area contributed by atoms with Gasteiger partial charge in [-0.05, 0) is 136 Å². The number of Topliss-reactive ketones (excluding diaryl/α,β-unsaturated/α-hetero) is 1. The van der Waals surface area contributed by atoms with Gasteiger partial charge < -0.3 is 15.0 Å². The number of carbonyl (C=O) groups excluding carboxylic acids is 3. The molecule has 3 aliphatic rings. The molecule has 3 heterocycles. The minimum atomic E-state index is -0.685. The molecule has 0 radical (unpaired) electrons. The Morgan fingerprint density at radius 2 is 1.69 bits per heavy atom. The zero-order valence-electron chi connectivity index (χ0n) is 26.5. The van der Waals surface area contributed by atoms with E-state index in [1.807, 2.05) is 12.3 Å². The van der Waals surface area contributed by atoms with Crippen molar-refractivity contribution in [3.8, 4) is 0 Å². The van der Waals surface area contributed by atoms with Crippen LogP contribution in [-0.2, 0) is 27.2 Å². The standard InChI is InChI=1S/C34H43Br2ClN4O4/c1-20(39-33(44)45-34(2,3)4)32(43)41-13-9-21(10-14-41)28(42)19-40-11-7-22(8-12-40)30-29-23(16-26(37)17-27(29)36)5-6-24-15-25(35)18-38-31(24)30/h15-18,20-22,30H,5-14,19H2,1-4H3,(H,39,44)/t20-,30+/m0/s1. The number of pyridine rings is 1. The monoisotopic (exact) mass is 764 g/mol. The van der Waals surface area contributed by atoms with E-state index in [1.54, 1.807) is 32.6 Å². The third-order valence-corrected chi connectivity index (χ3v) is 10.6. The number of likely N-dealkylation sites (tertiary alicyclic amines) is 2. The number of amides is 2. The van der Waals surface area contributed by atoms with Crippen LogP contribution in [0.1, 0.15) is 81.7 Å². The third kappa shape index (κ3) is 8.48. The van der Waals surface area contributed by atoms with E-state index in [-0.39, 0.29) is 23.5 Å². The number of rotatable bonds is 6. The lowest BCUT2D eigenvalue weighted by molar-refractivity contribution is -0.136. The van der Waals surface area contributed by atoms with Gasteiger partial charge in [-0.2, -0.15) is 0 Å². The van der Waals surface area contributed by atoms with Gasteiger partial charge in [0.1, 0.15) is 17.4 Å². The van der Waals surface area contributed by atoms with Gasteiger partial charge in [-0.1, -0.05) is 27.5 Å². The number of hydrogen-bond acceptors (Lipinski definition) is 6. The van der Waals surface area contributed by atoms with Crippen molar-refractivity contribution in [3.05, 3.63) is 60.7 Å². The maximum Gasteiger partial charge on any atom is 0.408 e. The summed E-state index contributed by atoms with van der Waals surface area (Å²) < 4.78 is 7.32. The first kappa shape index (κ1) is 34.3. The van der Waals surface area contributed by atoms with Gasteiger partial charge in [0.15, 0.2) is 0 Å². The minimum absolute atomic E-state index is 0.0511. The highest BCUT2D eigenvalue weighted by molar-refractivity contribution is 9.10. The van der Waals surface area contributed by atoms with Crippen molar-refractivity contribution in [1.82, 2.24) is 20.1 Å². The number of halogens is 3. The quantitative estimate of drug-likeness (QED) is 0.344. The molecule has 45 heavy (non-hydrogen) atoms. The molecule has 2 aliphatic heterocycles. The van der Waals surface area contributed by atoms with Crippen LogP contribution in [0.25, 0.3) is 0 Å². The molecule has 0 bridgehead atoms. The molecule has 8 nitrogen and oxygen atoms in total. The van der Waals surface area contributed by atoms with E-state index in [0.29, 0.717) is 38.4 Å². The molecule has 2 fully saturated rings. The Labute approximate surface area is 288 Å². The first-order valence-corrected chi connectivity index (χ1v) is 17.9. The molecule has 11 heteroatoms. The number of benzene rings is 1. The van der Waals surface area contributed by atoms with Crippen molar-refractivity contribution < 1.29 is 19.1 Å². The summed E-state index contributed by atoms with van der Waals surface area (Å²) >= 11 is 13.9. The smallest absolute Gasteiger partial charge is 0.408 e. The van der Waals surface area contributed by atoms with Crippen LogP contribution in [0.3, 0.4) is 0 Å². The van der Waals surface area contributed by atoms with Gasteiger partial charge >= 0.3 is 6.09 Å². The number of ketones is 1. The number of alkyl carbamates (subject to hydrolysis) is 1. The molecule has 0 saturated carbocycles. The molecule has 5 rings (SSSR count). The Bertz CT molecular complexity index is 1430. The molecule has 0 unspecified atom stereocenters. The number of aryl methyl sites for hydroxylation is 2. The van der Waals surface area contributed by atoms with E-state index in [1.165, 1.54) is 16.7 Å². The van der Waals surface area contributed by atoms with Crippen LogP contribution < -0.4 is 5.32 Å². The molecule has 2 amide bonds. The van der Waals surface area contributed by atoms with Crippen LogP contribution in [0.2, 0.25) is 5.02 Å². The van der Waals surface area contributed by atoms with E-state index in [4.69, 9.17) is 21.3 Å². The van der Waals surface area contributed by atoms with Gasteiger partial charge in [0.2, 0.25) is 5.91 Å². The lowest BCUT2D eigenvalue weighted by atomic mass is 9.76. The fourth-order valence-electron chi connectivity index (χ4n) is 7.07. The number of hydrogen-bond donors (Lipinski definition) is 1. The normalized spacial score (nSPS) is 20.5. The molecular weight excluding hydrogens is 724 g/mol. The van der Waals surface area contributed by atoms with Crippen LogP contribution in [-0.4, -0.2) is 76.9 Å². The van der Waals surface area contributed by atoms with Gasteiger partial charge in [-0.25, -0.2) is 4.79 Å². The average Bonchev–Trinajstić information content (AvgIpc) is 3.13. The summed E-state index contributed by atoms with van der Waals surface area (Å²) in [6.07, 6.45) is 6.42. The summed E-state index contributed by atoms with van der Waals surface area (Å²) in [6.45, 7) is 10.2. The maximum absolute atomic E-state index is 13.4. The van der Waals surface area contributed by atoms with Gasteiger partial charge in [-0.15, -0.1) is 0 Å². The largest absolute Gasteiger partial charge is 0.444 e. The molecule has 0 spiro atoms. The highest BCUT2D eigenvalue weighted by Crippen LogP contribution is 2.46. The van der Waals surface area contributed by atoms with Gasteiger partial charge in [0.05, 0.1) is 12.2 Å². The van der Waals surface area contributed by atoms with Crippen molar-refractivity contribution in [2.75, 3.05) is 32.7 Å². The molecule has 244 valence electrons. The third-order valence-electron chi connectivity index (χ3n) is 9.27. The van der Waals surface area contributed by atoms with Crippen molar-refractivity contribution >= 4 is 61.2 Å². The van der Waals surface area contributed by atoms with Crippen molar-refractivity contribution in [1.29, 1.82) is 0 Å². The Hall–Kier alpha value is -2.01. The number of carbonyl (C=O) groups is 3. The second kappa shape index (κ2) is 14.4. The molecular formula is C34H43Br2ClN4O4. The van der Waals surface area contributed by atoms with Crippen molar-refractivity contribution in [3.63, 3.8) is 0 Å². The number of fused-ring (bicyclic) bond motifs is 2. The van der Waals surface area contributed by atoms with E-state index in [2.05, 4.69) is 54.2 Å². The van der Waals surface area contributed by atoms with Gasteiger partial charge in [0, 0.05) is 45.1 Å². The van der Waals surface area contributed by atoms with E-state index < -0.39 is 17.7 Å². The summed E-state index contributed by atoms with van der Waals surface area (Å²) in [5, 5.41) is 3.38. The van der Waals surface area contributed by atoms with Crippen molar-refractivity contribution in [2.24, 2.45) is 11.8 Å². The molecule has 2 atom stereocenters. The SMILES string of the molecule is C[C@H](NC(=O)OC(C)(C)C)C(=O)N1CCC(C(=O)CN2CCC([C@H]3c4ncc(Br)cc4CCc4cc(Cl)cc(Br)c43)CC2)CC1. The van der Waals surface area contributed by atoms with E-state index >= 15 is 0 Å². The Balaban J connectivity index is 1.16. The second-order valence-corrected chi connectivity index (χ2v) is 15.9. The molecule has 1 N–H and O–H groups in total. The summed E-state index contributed by atoms with van der Waals surface area (Å²) in [4.78, 5) is 47.4. The summed E-state index contributed by atoms with van der Waals surface area (Å²) in [5.41, 5.74) is 4.40. The zero-order chi connectivity index (χ0) is 32.5. The molecule has 1 aliphatic carbocycles. The topological polar surface area (TPSA) is 91.8 Å². The van der Waals surface area contributed by atoms with Crippen LogP contribution in [0.5, 0.6) is 0 Å². The fourth-order valence-corrected chi connectivity index (χ4v) is 8.57. The summed E-state index contributed by atoms with van der Waals surface area (Å²) in [5.74, 6) is 0.637. The number of nitrogens with one attached hydrogen (secondary N) is 1. The molecule has 2 saturated heterocycles. The maximum atomic E-state index is 13.4. The van der Waals surface area contributed by atoms with Crippen LogP contribution in [0.15, 0.2) is 33.3 Å². The van der Waals surface area contributed by atoms with Crippen LogP contribution in [0.4, 0.5) is 4.79 Å². The lowest BCUT2D eigenvalue weighted by Gasteiger charge is -2.38. The zero-order valence-corrected chi connectivity index (χ0v) is 30.4. The summed E-state index contributed by atoms with van der Waals surface area (Å²) in [6, 6.07) is 5.64. The Morgan fingerprint density at radius 1 is 1.02 bits per heavy atom. The minimum Gasteiger partial charge on any atom is -0.444 e. The molecule has 1 aromatic heterocycles. The number of ether oxygens (including phenoxy) is 1. The fraction of sp³-hybridized carbons (Fsp3) is 0.588. The Morgan fingerprint density at radius 3 is 2.36 bits per heavy atom. The average molecular weight is 767 g/mol. The highest BCUT2D eigenvalue weighted by atomic mass is 79.9. The van der Waals surface area contributed by atoms with E-state index in [0.717, 1.165) is 58.4 Å². The second-order valence-electron chi connectivity index (χ2n) is 13.7. The Kier molecular flexibility index (Phi) is 11.0. The number of piperidine rings is 2. The molecule has 2 aromatic rings. The predicted octanol–water partition coefficient (Wildman–Crippen LogP) is 6.92. The number of aromatic nitrogens is 1. The number of nitrogens with zero attached hydrogens (tertiary/aromatic N) is 3. The van der Waals surface area contributed by atoms with E-state index in [9.17, 15) is 14.4 Å². The van der Waals surface area contributed by atoms with Crippen LogP contribution >= 0.6 is 43.5 Å². The predicted molar refractivity (Wildman–Crippen MR) is 183 cm³/mol. The van der Waals surface area contributed by atoms with Gasteiger partial charge in [-0.3, -0.25) is 19.5 Å². The van der Waals surface area contributed by atoms with Gasteiger partial charge in [0.25, 0.3) is 0 Å².